The lowest BCUT2D eigenvalue weighted by molar-refractivity contribution is 0.557. The molecule has 0 saturated heterocycles. The molecule has 0 fully saturated rings. The van der Waals surface area contributed by atoms with Crippen molar-refractivity contribution in [1.82, 2.24) is 15.0 Å². The number of nitrogens with zero attached hydrogens (tertiary/aromatic N) is 3. The van der Waals surface area contributed by atoms with Crippen molar-refractivity contribution >= 4 is 23.2 Å². The maximum atomic E-state index is 6.12. The molecule has 2 heterocycles. The lowest BCUT2D eigenvalue weighted by Crippen LogP contribution is -2.19. The van der Waals surface area contributed by atoms with Gasteiger partial charge < -0.3 is 5.73 Å². The Morgan fingerprint density at radius 3 is 2.84 bits per heavy atom. The number of fused-ring (bicyclic) bond motifs is 1. The average Bonchev–Trinajstić information content (AvgIpc) is 2.38. The molecule has 2 N–H and O–H groups in total. The Morgan fingerprint density at radius 1 is 1.21 bits per heavy atom. The summed E-state index contributed by atoms with van der Waals surface area (Å²) in [7, 11) is 0. The summed E-state index contributed by atoms with van der Waals surface area (Å²) < 4.78 is 0. The third kappa shape index (κ3) is 2.43. The maximum Gasteiger partial charge on any atom is 0.179 e. The number of rotatable bonds is 1. The van der Waals surface area contributed by atoms with Crippen LogP contribution in [-0.2, 0) is 6.42 Å². The van der Waals surface area contributed by atoms with E-state index in [1.54, 1.807) is 12.3 Å². The summed E-state index contributed by atoms with van der Waals surface area (Å²) in [6, 6.07) is 1.67. The minimum absolute atomic E-state index is 0.0337. The molecule has 0 bridgehead atoms. The van der Waals surface area contributed by atoms with Gasteiger partial charge in [-0.05, 0) is 25.3 Å². The van der Waals surface area contributed by atoms with Gasteiger partial charge in [0.05, 0.1) is 10.0 Å². The maximum absolute atomic E-state index is 6.12. The lowest BCUT2D eigenvalue weighted by atomic mass is 9.93. The molecule has 2 aromatic rings. The van der Waals surface area contributed by atoms with Crippen LogP contribution in [0.3, 0.4) is 0 Å². The molecule has 1 aliphatic rings. The molecule has 0 radical (unpaired) electrons. The predicted molar refractivity (Wildman–Crippen MR) is 75.1 cm³/mol. The fraction of sp³-hybridized carbons (Fsp3) is 0.308. The topological polar surface area (TPSA) is 64.7 Å². The second-order valence-electron chi connectivity index (χ2n) is 4.58. The van der Waals surface area contributed by atoms with Crippen molar-refractivity contribution in [2.75, 3.05) is 0 Å². The first-order valence-corrected chi connectivity index (χ1v) is 6.83. The van der Waals surface area contributed by atoms with Gasteiger partial charge in [0.25, 0.3) is 0 Å². The number of aromatic nitrogens is 3. The summed E-state index contributed by atoms with van der Waals surface area (Å²) in [5, 5.41) is 0.946. The summed E-state index contributed by atoms with van der Waals surface area (Å²) in [4.78, 5) is 13.1. The quantitative estimate of drug-likeness (QED) is 0.877. The van der Waals surface area contributed by atoms with Crippen LogP contribution in [0.5, 0.6) is 0 Å². The smallest absolute Gasteiger partial charge is 0.179 e. The molecule has 0 spiro atoms. The highest BCUT2D eigenvalue weighted by atomic mass is 35.5. The molecule has 4 nitrogen and oxygen atoms in total. The van der Waals surface area contributed by atoms with Gasteiger partial charge in [0, 0.05) is 29.7 Å². The molecule has 0 saturated carbocycles. The third-order valence-electron chi connectivity index (χ3n) is 3.25. The SMILES string of the molecule is NC1CCCc2nc(-c3ncc(Cl)cc3Cl)ncc21. The van der Waals surface area contributed by atoms with Gasteiger partial charge in [-0.25, -0.2) is 15.0 Å². The Kier molecular flexibility index (Phi) is 3.39. The molecule has 0 amide bonds. The molecule has 0 aromatic carbocycles. The molecule has 1 aliphatic carbocycles. The van der Waals surface area contributed by atoms with E-state index >= 15 is 0 Å². The van der Waals surface area contributed by atoms with Crippen molar-refractivity contribution < 1.29 is 0 Å². The number of nitrogens with two attached hydrogens (primary N) is 1. The minimum atomic E-state index is 0.0337. The van der Waals surface area contributed by atoms with E-state index < -0.39 is 0 Å². The van der Waals surface area contributed by atoms with Gasteiger partial charge in [-0.15, -0.1) is 0 Å². The Balaban J connectivity index is 2.06. The van der Waals surface area contributed by atoms with E-state index in [1.165, 1.54) is 6.20 Å². The van der Waals surface area contributed by atoms with Crippen molar-refractivity contribution in [3.8, 4) is 11.5 Å². The highest BCUT2D eigenvalue weighted by Gasteiger charge is 2.20. The van der Waals surface area contributed by atoms with Crippen molar-refractivity contribution in [3.63, 3.8) is 0 Å². The van der Waals surface area contributed by atoms with E-state index in [9.17, 15) is 0 Å². The summed E-state index contributed by atoms with van der Waals surface area (Å²) in [6.45, 7) is 0. The molecule has 98 valence electrons. The van der Waals surface area contributed by atoms with E-state index in [2.05, 4.69) is 15.0 Å². The summed E-state index contributed by atoms with van der Waals surface area (Å²) in [5.41, 5.74) is 8.62. The van der Waals surface area contributed by atoms with Gasteiger partial charge in [0.2, 0.25) is 0 Å². The molecule has 2 aromatic heterocycles. The first kappa shape index (κ1) is 12.8. The predicted octanol–water partition coefficient (Wildman–Crippen LogP) is 3.18. The van der Waals surface area contributed by atoms with E-state index in [0.29, 0.717) is 21.6 Å². The molecule has 0 aliphatic heterocycles. The molecule has 1 atom stereocenters. The van der Waals surface area contributed by atoms with Gasteiger partial charge in [0.1, 0.15) is 5.69 Å². The van der Waals surface area contributed by atoms with E-state index in [4.69, 9.17) is 28.9 Å². The molecule has 1 unspecified atom stereocenters. The highest BCUT2D eigenvalue weighted by molar-refractivity contribution is 6.35. The van der Waals surface area contributed by atoms with E-state index in [-0.39, 0.29) is 6.04 Å². The van der Waals surface area contributed by atoms with Crippen LogP contribution in [0.2, 0.25) is 10.0 Å². The van der Waals surface area contributed by atoms with Crippen LogP contribution in [0.25, 0.3) is 11.5 Å². The standard InChI is InChI=1S/C13H12Cl2N4/c14-7-4-9(15)12(17-5-7)13-18-6-8-10(16)2-1-3-11(8)19-13/h4-6,10H,1-3,16H2. The zero-order chi connectivity index (χ0) is 13.4. The molecule has 19 heavy (non-hydrogen) atoms. The Morgan fingerprint density at radius 2 is 2.05 bits per heavy atom. The minimum Gasteiger partial charge on any atom is -0.324 e. The van der Waals surface area contributed by atoms with Crippen LogP contribution in [0.15, 0.2) is 18.5 Å². The van der Waals surface area contributed by atoms with Crippen LogP contribution >= 0.6 is 23.2 Å². The van der Waals surface area contributed by atoms with Gasteiger partial charge in [-0.3, -0.25) is 0 Å². The van der Waals surface area contributed by atoms with Gasteiger partial charge in [0.15, 0.2) is 5.82 Å². The average molecular weight is 295 g/mol. The zero-order valence-electron chi connectivity index (χ0n) is 10.1. The number of aryl methyl sites for hydroxylation is 1. The Hall–Kier alpha value is -1.23. The van der Waals surface area contributed by atoms with Gasteiger partial charge in [-0.2, -0.15) is 0 Å². The first-order valence-electron chi connectivity index (χ1n) is 6.08. The number of halogens is 2. The number of hydrogen-bond acceptors (Lipinski definition) is 4. The van der Waals surface area contributed by atoms with Crippen molar-refractivity contribution in [1.29, 1.82) is 0 Å². The molecular formula is C13H12Cl2N4. The largest absolute Gasteiger partial charge is 0.324 e. The van der Waals surface area contributed by atoms with E-state index in [1.807, 2.05) is 0 Å². The van der Waals surface area contributed by atoms with Crippen LogP contribution in [0.4, 0.5) is 0 Å². The molecule has 3 rings (SSSR count). The fourth-order valence-corrected chi connectivity index (χ4v) is 2.74. The summed E-state index contributed by atoms with van der Waals surface area (Å²) >= 11 is 12.0. The first-order chi connectivity index (χ1) is 9.15. The van der Waals surface area contributed by atoms with Gasteiger partial charge in [-0.1, -0.05) is 23.2 Å². The molecule has 6 heteroatoms. The monoisotopic (exact) mass is 294 g/mol. The Labute approximate surface area is 121 Å². The number of hydrogen-bond donors (Lipinski definition) is 1. The second kappa shape index (κ2) is 5.04. The highest BCUT2D eigenvalue weighted by Crippen LogP contribution is 2.30. The lowest BCUT2D eigenvalue weighted by Gasteiger charge is -2.21. The van der Waals surface area contributed by atoms with Crippen molar-refractivity contribution in [2.45, 2.75) is 25.3 Å². The fourth-order valence-electron chi connectivity index (χ4n) is 2.27. The van der Waals surface area contributed by atoms with E-state index in [0.717, 1.165) is 30.5 Å². The molecular weight excluding hydrogens is 283 g/mol. The number of pyridine rings is 1. The van der Waals surface area contributed by atoms with Crippen LogP contribution in [-0.4, -0.2) is 15.0 Å². The normalized spacial score (nSPS) is 18.2. The summed E-state index contributed by atoms with van der Waals surface area (Å²) in [5.74, 6) is 0.523. The third-order valence-corrected chi connectivity index (χ3v) is 3.74. The Bertz CT molecular complexity index is 630. The second-order valence-corrected chi connectivity index (χ2v) is 5.42. The van der Waals surface area contributed by atoms with Gasteiger partial charge >= 0.3 is 0 Å². The van der Waals surface area contributed by atoms with Crippen LogP contribution < -0.4 is 5.73 Å². The van der Waals surface area contributed by atoms with Crippen LogP contribution in [0.1, 0.15) is 30.1 Å². The van der Waals surface area contributed by atoms with Crippen LogP contribution in [0, 0.1) is 0 Å². The summed E-state index contributed by atoms with van der Waals surface area (Å²) in [6.07, 6.45) is 6.28. The zero-order valence-corrected chi connectivity index (χ0v) is 11.6. The van der Waals surface area contributed by atoms with Crippen molar-refractivity contribution in [2.24, 2.45) is 5.73 Å². The van der Waals surface area contributed by atoms with Crippen molar-refractivity contribution in [3.05, 3.63) is 39.8 Å².